The van der Waals surface area contributed by atoms with Gasteiger partial charge in [0.05, 0.1) is 11.8 Å². The molecule has 0 unspecified atom stereocenters. The van der Waals surface area contributed by atoms with E-state index in [2.05, 4.69) is 4.98 Å². The molecule has 0 saturated heterocycles. The van der Waals surface area contributed by atoms with Gasteiger partial charge in [0, 0.05) is 19.0 Å². The van der Waals surface area contributed by atoms with Crippen molar-refractivity contribution < 1.29 is 9.90 Å². The van der Waals surface area contributed by atoms with Gasteiger partial charge in [-0.3, -0.25) is 9.78 Å². The zero-order valence-corrected chi connectivity index (χ0v) is 7.97. The molecule has 1 rings (SSSR count). The first-order chi connectivity index (χ1) is 6.59. The summed E-state index contributed by atoms with van der Waals surface area (Å²) in [6, 6.07) is 3.49. The molecule has 1 aromatic rings. The molecule has 3 N–H and O–H groups in total. The van der Waals surface area contributed by atoms with Gasteiger partial charge in [-0.25, -0.2) is 0 Å². The standard InChI is InChI=1S/C10H13N2O2/c1-7(13)9-6-8(4-5-12-9)2-3-10(11)14/h2,4-7,13H,3H2,1H3,(H2,11,14)/t7-/m0/s1. The molecule has 0 saturated carbocycles. The summed E-state index contributed by atoms with van der Waals surface area (Å²) >= 11 is 0. The van der Waals surface area contributed by atoms with Crippen molar-refractivity contribution in [2.24, 2.45) is 5.73 Å². The first kappa shape index (κ1) is 10.7. The summed E-state index contributed by atoms with van der Waals surface area (Å²) in [6.07, 6.45) is 2.89. The van der Waals surface area contributed by atoms with Gasteiger partial charge < -0.3 is 10.8 Å². The minimum atomic E-state index is -0.600. The smallest absolute Gasteiger partial charge is 0.218 e. The number of aliphatic hydroxyl groups excluding tert-OH is 1. The Kier molecular flexibility index (Phi) is 3.59. The van der Waals surface area contributed by atoms with Gasteiger partial charge in [0.1, 0.15) is 0 Å². The quantitative estimate of drug-likeness (QED) is 0.733. The monoisotopic (exact) mass is 193 g/mol. The lowest BCUT2D eigenvalue weighted by Crippen LogP contribution is -2.10. The Balaban J connectivity index is 2.68. The van der Waals surface area contributed by atoms with Crippen LogP contribution in [0.2, 0.25) is 0 Å². The molecule has 0 bridgehead atoms. The van der Waals surface area contributed by atoms with Crippen molar-refractivity contribution in [2.45, 2.75) is 19.4 Å². The van der Waals surface area contributed by atoms with E-state index in [1.54, 1.807) is 31.7 Å². The molecule has 1 radical (unpaired) electrons. The van der Waals surface area contributed by atoms with E-state index in [4.69, 9.17) is 5.73 Å². The molecule has 0 aliphatic heterocycles. The van der Waals surface area contributed by atoms with Crippen LogP contribution < -0.4 is 5.73 Å². The largest absolute Gasteiger partial charge is 0.387 e. The number of hydrogen-bond acceptors (Lipinski definition) is 3. The molecule has 0 aromatic carbocycles. The normalized spacial score (nSPS) is 12.4. The molecule has 1 amide bonds. The van der Waals surface area contributed by atoms with Gasteiger partial charge in [-0.1, -0.05) is 0 Å². The lowest BCUT2D eigenvalue weighted by Gasteiger charge is -2.05. The van der Waals surface area contributed by atoms with Crippen molar-refractivity contribution in [3.05, 3.63) is 36.0 Å². The van der Waals surface area contributed by atoms with E-state index in [1.165, 1.54) is 0 Å². The molecular weight excluding hydrogens is 180 g/mol. The lowest BCUT2D eigenvalue weighted by atomic mass is 10.1. The fourth-order valence-electron chi connectivity index (χ4n) is 1.04. The summed E-state index contributed by atoms with van der Waals surface area (Å²) < 4.78 is 0. The number of aromatic nitrogens is 1. The Morgan fingerprint density at radius 1 is 1.79 bits per heavy atom. The molecule has 0 aliphatic rings. The molecule has 4 heteroatoms. The van der Waals surface area contributed by atoms with E-state index in [9.17, 15) is 9.90 Å². The summed E-state index contributed by atoms with van der Waals surface area (Å²) in [5, 5.41) is 9.26. The average Bonchev–Trinajstić information content (AvgIpc) is 2.15. The van der Waals surface area contributed by atoms with Crippen molar-refractivity contribution in [3.8, 4) is 0 Å². The Labute approximate surface area is 82.8 Å². The van der Waals surface area contributed by atoms with Crippen LogP contribution >= 0.6 is 0 Å². The number of hydrogen-bond donors (Lipinski definition) is 2. The SMILES string of the molecule is C[C@H](O)c1cc([CH]CC(N)=O)ccn1. The fourth-order valence-corrected chi connectivity index (χ4v) is 1.04. The molecule has 0 spiro atoms. The number of aliphatic hydroxyl groups is 1. The molecule has 1 aromatic heterocycles. The minimum absolute atomic E-state index is 0.198. The van der Waals surface area contributed by atoms with Crippen LogP contribution in [0.4, 0.5) is 0 Å². The van der Waals surface area contributed by atoms with Crippen LogP contribution in [0, 0.1) is 6.42 Å². The number of nitrogens with zero attached hydrogens (tertiary/aromatic N) is 1. The molecular formula is C10H13N2O2. The number of nitrogens with two attached hydrogens (primary N) is 1. The van der Waals surface area contributed by atoms with Crippen LogP contribution in [0.3, 0.4) is 0 Å². The van der Waals surface area contributed by atoms with Crippen molar-refractivity contribution in [2.75, 3.05) is 0 Å². The molecule has 0 aliphatic carbocycles. The number of carbonyl (C=O) groups is 1. The van der Waals surface area contributed by atoms with Crippen molar-refractivity contribution in [1.82, 2.24) is 4.98 Å². The Morgan fingerprint density at radius 3 is 3.07 bits per heavy atom. The number of primary amides is 1. The zero-order chi connectivity index (χ0) is 10.6. The van der Waals surface area contributed by atoms with Gasteiger partial charge in [0.2, 0.25) is 5.91 Å². The van der Waals surface area contributed by atoms with E-state index in [1.807, 2.05) is 0 Å². The minimum Gasteiger partial charge on any atom is -0.387 e. The van der Waals surface area contributed by atoms with Crippen LogP contribution in [0.25, 0.3) is 0 Å². The second kappa shape index (κ2) is 4.72. The third-order valence-corrected chi connectivity index (χ3v) is 1.77. The highest BCUT2D eigenvalue weighted by Gasteiger charge is 2.04. The summed E-state index contributed by atoms with van der Waals surface area (Å²) in [7, 11) is 0. The second-order valence-electron chi connectivity index (χ2n) is 3.06. The maximum atomic E-state index is 10.5. The van der Waals surface area contributed by atoms with Crippen LogP contribution in [0.5, 0.6) is 0 Å². The second-order valence-corrected chi connectivity index (χ2v) is 3.06. The van der Waals surface area contributed by atoms with Gasteiger partial charge in [0.25, 0.3) is 0 Å². The number of amides is 1. The summed E-state index contributed by atoms with van der Waals surface area (Å²) in [5.41, 5.74) is 6.43. The van der Waals surface area contributed by atoms with Crippen LogP contribution in [-0.4, -0.2) is 16.0 Å². The number of carbonyl (C=O) groups excluding carboxylic acids is 1. The first-order valence-corrected chi connectivity index (χ1v) is 4.35. The molecule has 14 heavy (non-hydrogen) atoms. The number of pyridine rings is 1. The van der Waals surface area contributed by atoms with Gasteiger partial charge in [-0.05, 0) is 24.6 Å². The highest BCUT2D eigenvalue weighted by Crippen LogP contribution is 2.12. The predicted octanol–water partition coefficient (Wildman–Crippen LogP) is 0.563. The molecule has 75 valence electrons. The van der Waals surface area contributed by atoms with Crippen LogP contribution in [0.1, 0.15) is 30.7 Å². The van der Waals surface area contributed by atoms with Gasteiger partial charge >= 0.3 is 0 Å². The Bertz CT molecular complexity index is 324. The zero-order valence-electron chi connectivity index (χ0n) is 7.97. The maximum absolute atomic E-state index is 10.5. The Morgan fingerprint density at radius 2 is 2.50 bits per heavy atom. The fraction of sp³-hybridized carbons (Fsp3) is 0.300. The topological polar surface area (TPSA) is 76.2 Å². The van der Waals surface area contributed by atoms with Crippen molar-refractivity contribution >= 4 is 5.91 Å². The summed E-state index contributed by atoms with van der Waals surface area (Å²) in [5.74, 6) is -0.375. The summed E-state index contributed by atoms with van der Waals surface area (Å²) in [6.45, 7) is 1.64. The third-order valence-electron chi connectivity index (χ3n) is 1.77. The highest BCUT2D eigenvalue weighted by atomic mass is 16.3. The van der Waals surface area contributed by atoms with E-state index < -0.39 is 6.10 Å². The van der Waals surface area contributed by atoms with Gasteiger partial charge in [0.15, 0.2) is 0 Å². The first-order valence-electron chi connectivity index (χ1n) is 4.35. The highest BCUT2D eigenvalue weighted by molar-refractivity contribution is 5.75. The van der Waals surface area contributed by atoms with E-state index in [0.717, 1.165) is 5.56 Å². The molecule has 1 atom stereocenters. The average molecular weight is 193 g/mol. The molecule has 0 fully saturated rings. The van der Waals surface area contributed by atoms with E-state index >= 15 is 0 Å². The number of rotatable bonds is 4. The van der Waals surface area contributed by atoms with Gasteiger partial charge in [-0.2, -0.15) is 0 Å². The maximum Gasteiger partial charge on any atom is 0.218 e. The molecule has 1 heterocycles. The molecule has 4 nitrogen and oxygen atoms in total. The van der Waals surface area contributed by atoms with Crippen LogP contribution in [-0.2, 0) is 4.79 Å². The van der Waals surface area contributed by atoms with Crippen LogP contribution in [0.15, 0.2) is 18.3 Å². The van der Waals surface area contributed by atoms with E-state index in [0.29, 0.717) is 5.69 Å². The van der Waals surface area contributed by atoms with Gasteiger partial charge in [-0.15, -0.1) is 0 Å². The van der Waals surface area contributed by atoms with E-state index in [-0.39, 0.29) is 12.3 Å². The van der Waals surface area contributed by atoms with Crippen molar-refractivity contribution in [3.63, 3.8) is 0 Å². The lowest BCUT2D eigenvalue weighted by molar-refractivity contribution is -0.117. The Hall–Kier alpha value is -1.42. The summed E-state index contributed by atoms with van der Waals surface area (Å²) in [4.78, 5) is 14.5. The third kappa shape index (κ3) is 3.14. The van der Waals surface area contributed by atoms with Crippen molar-refractivity contribution in [1.29, 1.82) is 0 Å². The predicted molar refractivity (Wildman–Crippen MR) is 52.1 cm³/mol.